The van der Waals surface area contributed by atoms with E-state index in [1.807, 2.05) is 6.21 Å². The highest BCUT2D eigenvalue weighted by Gasteiger charge is 2.27. The first-order valence-corrected chi connectivity index (χ1v) is 12.5. The van der Waals surface area contributed by atoms with Gasteiger partial charge in [0.15, 0.2) is 0 Å². The van der Waals surface area contributed by atoms with Gasteiger partial charge in [-0.1, -0.05) is 37.5 Å². The molecule has 1 fully saturated rings. The number of para-hydroxylation sites is 1. The lowest BCUT2D eigenvalue weighted by molar-refractivity contribution is 0.0927. The summed E-state index contributed by atoms with van der Waals surface area (Å²) in [5.74, 6) is 0.0908. The highest BCUT2D eigenvalue weighted by Crippen LogP contribution is 2.40. The van der Waals surface area contributed by atoms with Crippen molar-refractivity contribution in [2.75, 3.05) is 0 Å². The van der Waals surface area contributed by atoms with Gasteiger partial charge in [-0.05, 0) is 57.1 Å². The molecule has 0 spiro atoms. The van der Waals surface area contributed by atoms with E-state index in [-0.39, 0.29) is 5.91 Å². The van der Waals surface area contributed by atoms with Gasteiger partial charge in [-0.15, -0.1) is 11.3 Å². The van der Waals surface area contributed by atoms with Crippen LogP contribution in [0.3, 0.4) is 0 Å². The zero-order chi connectivity index (χ0) is 21.4. The van der Waals surface area contributed by atoms with Gasteiger partial charge < -0.3 is 9.88 Å². The molecule has 31 heavy (non-hydrogen) atoms. The van der Waals surface area contributed by atoms with Gasteiger partial charge >= 0.3 is 0 Å². The fraction of sp³-hybridized carbons (Fsp3) is 0.462. The summed E-state index contributed by atoms with van der Waals surface area (Å²) in [6.45, 7) is 2.14. The topological polar surface area (TPSA) is 46.4 Å². The van der Waals surface area contributed by atoms with Crippen molar-refractivity contribution in [3.05, 3.63) is 51.5 Å². The van der Waals surface area contributed by atoms with E-state index in [1.165, 1.54) is 59.1 Å². The molecule has 3 aromatic rings. The normalized spacial score (nSPS) is 17.4. The van der Waals surface area contributed by atoms with Crippen LogP contribution in [0.4, 0.5) is 5.00 Å². The molecule has 2 aliphatic carbocycles. The van der Waals surface area contributed by atoms with Crippen LogP contribution in [0.5, 0.6) is 0 Å². The fourth-order valence-electron chi connectivity index (χ4n) is 5.22. The number of nitrogens with one attached hydrogen (secondary N) is 1. The van der Waals surface area contributed by atoms with Gasteiger partial charge in [0.25, 0.3) is 5.91 Å². The SMILES string of the molecule is Cc1c(/C=N/c2sc3c(c2C(=O)NC2CCCCC2)CCCC3)c2ccccc2n1C. The third-order valence-electron chi connectivity index (χ3n) is 7.08. The van der Waals surface area contributed by atoms with Crippen molar-refractivity contribution < 1.29 is 4.79 Å². The number of nitrogens with zero attached hydrogens (tertiary/aromatic N) is 2. The third kappa shape index (κ3) is 3.84. The second kappa shape index (κ2) is 8.62. The summed E-state index contributed by atoms with van der Waals surface area (Å²) in [7, 11) is 2.10. The van der Waals surface area contributed by atoms with Crippen LogP contribution in [0.1, 0.15) is 77.0 Å². The molecule has 2 aromatic heterocycles. The van der Waals surface area contributed by atoms with Crippen molar-refractivity contribution in [3.8, 4) is 0 Å². The maximum absolute atomic E-state index is 13.4. The Hall–Kier alpha value is -2.40. The first-order valence-electron chi connectivity index (χ1n) is 11.7. The summed E-state index contributed by atoms with van der Waals surface area (Å²) in [6, 6.07) is 8.76. The third-order valence-corrected chi connectivity index (χ3v) is 8.28. The number of aliphatic imine (C=N–C) groups is 1. The molecule has 2 heterocycles. The first kappa shape index (κ1) is 20.5. The van der Waals surface area contributed by atoms with E-state index < -0.39 is 0 Å². The Morgan fingerprint density at radius 1 is 1.13 bits per heavy atom. The fourth-order valence-corrected chi connectivity index (χ4v) is 6.45. The number of hydrogen-bond acceptors (Lipinski definition) is 3. The van der Waals surface area contributed by atoms with Crippen LogP contribution in [0, 0.1) is 6.92 Å². The number of aromatic nitrogens is 1. The molecule has 4 nitrogen and oxygen atoms in total. The highest BCUT2D eigenvalue weighted by atomic mass is 32.1. The number of aryl methyl sites for hydroxylation is 2. The predicted molar refractivity (Wildman–Crippen MR) is 130 cm³/mol. The van der Waals surface area contributed by atoms with Crippen LogP contribution in [0.25, 0.3) is 10.9 Å². The molecule has 0 radical (unpaired) electrons. The number of benzene rings is 1. The Labute approximate surface area is 188 Å². The molecule has 1 amide bonds. The number of carbonyl (C=O) groups excluding carboxylic acids is 1. The lowest BCUT2D eigenvalue weighted by Gasteiger charge is -2.23. The molecule has 162 valence electrons. The van der Waals surface area contributed by atoms with E-state index >= 15 is 0 Å². The summed E-state index contributed by atoms with van der Waals surface area (Å²) in [6.07, 6.45) is 12.4. The van der Waals surface area contributed by atoms with Gasteiger partial charge in [-0.3, -0.25) is 4.79 Å². The number of thiophene rings is 1. The van der Waals surface area contributed by atoms with Crippen molar-refractivity contribution >= 4 is 39.4 Å². The van der Waals surface area contributed by atoms with Crippen LogP contribution in [-0.4, -0.2) is 22.7 Å². The summed E-state index contributed by atoms with van der Waals surface area (Å²) >= 11 is 1.72. The molecule has 0 bridgehead atoms. The Balaban J connectivity index is 1.51. The smallest absolute Gasteiger partial charge is 0.254 e. The molecule has 5 heteroatoms. The standard InChI is InChI=1S/C26H31N3OS/c1-17-21(19-12-6-8-14-22(19)29(17)2)16-27-26-24(20-13-7-9-15-23(20)31-26)25(30)28-18-10-4-3-5-11-18/h6,8,12,14,16,18H,3-5,7,9-11,13,15H2,1-2H3,(H,28,30)/b27-16+. The van der Waals surface area contributed by atoms with Crippen molar-refractivity contribution in [3.63, 3.8) is 0 Å². The molecular formula is C26H31N3OS. The van der Waals surface area contributed by atoms with Crippen LogP contribution >= 0.6 is 11.3 Å². The number of amides is 1. The Morgan fingerprint density at radius 3 is 2.74 bits per heavy atom. The molecule has 0 saturated heterocycles. The van der Waals surface area contributed by atoms with Gasteiger partial charge in [0.2, 0.25) is 0 Å². The summed E-state index contributed by atoms with van der Waals surface area (Å²) in [5, 5.41) is 5.44. The molecule has 2 aliphatic rings. The van der Waals surface area contributed by atoms with E-state index in [4.69, 9.17) is 4.99 Å². The molecule has 1 saturated carbocycles. The van der Waals surface area contributed by atoms with Crippen LogP contribution in [-0.2, 0) is 19.9 Å². The van der Waals surface area contributed by atoms with E-state index in [9.17, 15) is 4.79 Å². The van der Waals surface area contributed by atoms with Crippen molar-refractivity contribution in [2.45, 2.75) is 70.8 Å². The maximum atomic E-state index is 13.4. The molecule has 0 aliphatic heterocycles. The van der Waals surface area contributed by atoms with E-state index in [0.717, 1.165) is 41.8 Å². The molecule has 0 atom stereocenters. The molecule has 1 aromatic carbocycles. The minimum absolute atomic E-state index is 0.0908. The molecule has 0 unspecified atom stereocenters. The van der Waals surface area contributed by atoms with Crippen molar-refractivity contribution in [2.24, 2.45) is 12.0 Å². The zero-order valence-corrected chi connectivity index (χ0v) is 19.4. The second-order valence-electron chi connectivity index (χ2n) is 9.03. The molecule has 1 N–H and O–H groups in total. The van der Waals surface area contributed by atoms with Crippen LogP contribution in [0.15, 0.2) is 29.3 Å². The van der Waals surface area contributed by atoms with Crippen LogP contribution < -0.4 is 5.32 Å². The lowest BCUT2D eigenvalue weighted by Crippen LogP contribution is -2.36. The van der Waals surface area contributed by atoms with Gasteiger partial charge in [0.05, 0.1) is 5.56 Å². The van der Waals surface area contributed by atoms with E-state index in [0.29, 0.717) is 6.04 Å². The number of hydrogen-bond donors (Lipinski definition) is 1. The Morgan fingerprint density at radius 2 is 1.90 bits per heavy atom. The zero-order valence-electron chi connectivity index (χ0n) is 18.5. The van der Waals surface area contributed by atoms with E-state index in [2.05, 4.69) is 48.1 Å². The van der Waals surface area contributed by atoms with Crippen molar-refractivity contribution in [1.29, 1.82) is 0 Å². The minimum atomic E-state index is 0.0908. The van der Waals surface area contributed by atoms with Crippen molar-refractivity contribution in [1.82, 2.24) is 9.88 Å². The predicted octanol–water partition coefficient (Wildman–Crippen LogP) is 6.24. The minimum Gasteiger partial charge on any atom is -0.349 e. The number of rotatable bonds is 4. The lowest BCUT2D eigenvalue weighted by atomic mass is 9.93. The Kier molecular flexibility index (Phi) is 5.70. The monoisotopic (exact) mass is 433 g/mol. The maximum Gasteiger partial charge on any atom is 0.254 e. The average molecular weight is 434 g/mol. The second-order valence-corrected chi connectivity index (χ2v) is 10.1. The molecular weight excluding hydrogens is 402 g/mol. The quantitative estimate of drug-likeness (QED) is 0.486. The van der Waals surface area contributed by atoms with Gasteiger partial charge in [0, 0.05) is 46.3 Å². The first-order chi connectivity index (χ1) is 15.1. The summed E-state index contributed by atoms with van der Waals surface area (Å²) < 4.78 is 2.22. The summed E-state index contributed by atoms with van der Waals surface area (Å²) in [5.41, 5.74) is 5.65. The number of fused-ring (bicyclic) bond motifs is 2. The summed E-state index contributed by atoms with van der Waals surface area (Å²) in [4.78, 5) is 19.7. The van der Waals surface area contributed by atoms with Crippen LogP contribution in [0.2, 0.25) is 0 Å². The van der Waals surface area contributed by atoms with Gasteiger partial charge in [0.1, 0.15) is 5.00 Å². The number of carbonyl (C=O) groups is 1. The highest BCUT2D eigenvalue weighted by molar-refractivity contribution is 7.16. The van der Waals surface area contributed by atoms with Gasteiger partial charge in [-0.25, -0.2) is 4.99 Å². The largest absolute Gasteiger partial charge is 0.349 e. The van der Waals surface area contributed by atoms with E-state index in [1.54, 1.807) is 11.3 Å². The average Bonchev–Trinajstić information content (AvgIpc) is 3.28. The molecule has 5 rings (SSSR count). The van der Waals surface area contributed by atoms with Gasteiger partial charge in [-0.2, -0.15) is 0 Å². The Bertz CT molecular complexity index is 1150.